The van der Waals surface area contributed by atoms with E-state index >= 15 is 0 Å². The first kappa shape index (κ1) is 20.1. The van der Waals surface area contributed by atoms with Gasteiger partial charge < -0.3 is 20.3 Å². The maximum Gasteiger partial charge on any atom is 0.329 e. The number of benzene rings is 3. The zero-order valence-electron chi connectivity index (χ0n) is 15.6. The molecule has 6 nitrogen and oxygen atoms in total. The van der Waals surface area contributed by atoms with Crippen LogP contribution in [0.15, 0.2) is 84.9 Å². The fourth-order valence-electron chi connectivity index (χ4n) is 2.81. The van der Waals surface area contributed by atoms with Gasteiger partial charge in [-0.3, -0.25) is 4.79 Å². The molecule has 0 aliphatic heterocycles. The average Bonchev–Trinajstić information content (AvgIpc) is 2.76. The maximum atomic E-state index is 12.3. The van der Waals surface area contributed by atoms with Gasteiger partial charge in [-0.1, -0.05) is 60.7 Å². The first-order chi connectivity index (χ1) is 14.0. The topological polar surface area (TPSA) is 95.9 Å². The molecule has 0 fully saturated rings. The Kier molecular flexibility index (Phi) is 6.60. The highest BCUT2D eigenvalue weighted by Crippen LogP contribution is 2.23. The zero-order chi connectivity index (χ0) is 20.6. The Balaban J connectivity index is 1.71. The highest BCUT2D eigenvalue weighted by Gasteiger charge is 2.30. The second-order valence-corrected chi connectivity index (χ2v) is 6.45. The van der Waals surface area contributed by atoms with Crippen LogP contribution in [-0.2, 0) is 11.4 Å². The van der Waals surface area contributed by atoms with Gasteiger partial charge >= 0.3 is 5.97 Å². The number of carboxylic acid groups (broad SMARTS) is 1. The predicted molar refractivity (Wildman–Crippen MR) is 108 cm³/mol. The van der Waals surface area contributed by atoms with Gasteiger partial charge in [0, 0.05) is 5.56 Å². The summed E-state index contributed by atoms with van der Waals surface area (Å²) in [6, 6.07) is 22.9. The average molecular weight is 391 g/mol. The first-order valence-electron chi connectivity index (χ1n) is 9.08. The molecule has 29 heavy (non-hydrogen) atoms. The molecule has 2 atom stereocenters. The molecule has 3 aromatic rings. The molecule has 1 amide bonds. The molecule has 0 spiro atoms. The molecule has 6 heteroatoms. The van der Waals surface area contributed by atoms with Crippen LogP contribution in [0.25, 0.3) is 0 Å². The number of ether oxygens (including phenoxy) is 1. The molecule has 0 saturated heterocycles. The van der Waals surface area contributed by atoms with Crippen molar-refractivity contribution in [3.8, 4) is 5.75 Å². The number of carboxylic acids is 1. The summed E-state index contributed by atoms with van der Waals surface area (Å²) in [5.41, 5.74) is 1.62. The summed E-state index contributed by atoms with van der Waals surface area (Å²) in [6.07, 6.45) is -1.44. The largest absolute Gasteiger partial charge is 0.489 e. The summed E-state index contributed by atoms with van der Waals surface area (Å²) >= 11 is 0. The standard InChI is InChI=1S/C23H21NO5/c25-21(20(23(27)28)24-22(26)17-10-5-2-6-11-17)18-12-7-13-19(14-18)29-15-16-8-3-1-4-9-16/h1-14,20-21,25H,15H2,(H,24,26)(H,27,28)/t20-,21?/m0/s1. The first-order valence-corrected chi connectivity index (χ1v) is 9.08. The van der Waals surface area contributed by atoms with Crippen molar-refractivity contribution < 1.29 is 24.5 Å². The van der Waals surface area contributed by atoms with E-state index in [0.717, 1.165) is 5.56 Å². The number of aliphatic hydroxyl groups is 1. The van der Waals surface area contributed by atoms with Gasteiger partial charge in [0.1, 0.15) is 18.5 Å². The molecule has 0 saturated carbocycles. The van der Waals surface area contributed by atoms with Crippen molar-refractivity contribution in [1.29, 1.82) is 0 Å². The minimum Gasteiger partial charge on any atom is -0.489 e. The Morgan fingerprint density at radius 2 is 1.55 bits per heavy atom. The SMILES string of the molecule is O=C(N[C@H](C(=O)O)C(O)c1cccc(OCc2ccccc2)c1)c1ccccc1. The fraction of sp³-hybridized carbons (Fsp3) is 0.130. The normalized spacial score (nSPS) is 12.6. The van der Waals surface area contributed by atoms with Gasteiger partial charge in [0.2, 0.25) is 0 Å². The second-order valence-electron chi connectivity index (χ2n) is 6.45. The van der Waals surface area contributed by atoms with Gasteiger partial charge in [-0.15, -0.1) is 0 Å². The number of amides is 1. The van der Waals surface area contributed by atoms with E-state index in [1.165, 1.54) is 0 Å². The van der Waals surface area contributed by atoms with Crippen molar-refractivity contribution in [3.63, 3.8) is 0 Å². The molecule has 0 aliphatic rings. The molecule has 3 N–H and O–H groups in total. The van der Waals surface area contributed by atoms with E-state index < -0.39 is 24.0 Å². The molecule has 0 radical (unpaired) electrons. The smallest absolute Gasteiger partial charge is 0.329 e. The molecule has 3 rings (SSSR count). The van der Waals surface area contributed by atoms with Gasteiger partial charge in [-0.05, 0) is 35.4 Å². The van der Waals surface area contributed by atoms with E-state index in [9.17, 15) is 19.8 Å². The third-order valence-electron chi connectivity index (χ3n) is 4.35. The second kappa shape index (κ2) is 9.52. The molecule has 1 unspecified atom stereocenters. The van der Waals surface area contributed by atoms with Crippen molar-refractivity contribution in [3.05, 3.63) is 102 Å². The number of carbonyl (C=O) groups is 2. The maximum absolute atomic E-state index is 12.3. The molecule has 0 aliphatic carbocycles. The van der Waals surface area contributed by atoms with Crippen LogP contribution in [0.5, 0.6) is 5.75 Å². The Morgan fingerprint density at radius 1 is 0.897 bits per heavy atom. The predicted octanol–water partition coefficient (Wildman–Crippen LogP) is 3.18. The zero-order valence-corrected chi connectivity index (χ0v) is 15.6. The van der Waals surface area contributed by atoms with Crippen LogP contribution in [0.1, 0.15) is 27.6 Å². The Bertz CT molecular complexity index is 959. The van der Waals surface area contributed by atoms with Crippen LogP contribution in [0, 0.1) is 0 Å². The number of rotatable bonds is 8. The van der Waals surface area contributed by atoms with Gasteiger partial charge in [-0.2, -0.15) is 0 Å². The number of hydrogen-bond donors (Lipinski definition) is 3. The van der Waals surface area contributed by atoms with Crippen LogP contribution < -0.4 is 10.1 Å². The lowest BCUT2D eigenvalue weighted by atomic mass is 10.0. The van der Waals surface area contributed by atoms with Crippen LogP contribution in [0.2, 0.25) is 0 Å². The Morgan fingerprint density at radius 3 is 2.21 bits per heavy atom. The van der Waals surface area contributed by atoms with Gasteiger partial charge in [-0.25, -0.2) is 4.79 Å². The monoisotopic (exact) mass is 391 g/mol. The molecular weight excluding hydrogens is 370 g/mol. The summed E-state index contributed by atoms with van der Waals surface area (Å²) < 4.78 is 5.73. The van der Waals surface area contributed by atoms with Crippen LogP contribution in [0.3, 0.4) is 0 Å². The number of aliphatic carboxylic acids is 1. The number of carbonyl (C=O) groups excluding carboxylic acids is 1. The summed E-state index contributed by atoms with van der Waals surface area (Å²) in [7, 11) is 0. The highest BCUT2D eigenvalue weighted by atomic mass is 16.5. The number of nitrogens with one attached hydrogen (secondary N) is 1. The van der Waals surface area contributed by atoms with E-state index in [-0.39, 0.29) is 0 Å². The van der Waals surface area contributed by atoms with Gasteiger partial charge in [0.05, 0.1) is 0 Å². The Hall–Kier alpha value is -3.64. The van der Waals surface area contributed by atoms with E-state index in [2.05, 4.69) is 5.32 Å². The molecule has 3 aromatic carbocycles. The lowest BCUT2D eigenvalue weighted by Crippen LogP contribution is -2.45. The third-order valence-corrected chi connectivity index (χ3v) is 4.35. The summed E-state index contributed by atoms with van der Waals surface area (Å²) in [6.45, 7) is 0.341. The lowest BCUT2D eigenvalue weighted by Gasteiger charge is -2.21. The summed E-state index contributed by atoms with van der Waals surface area (Å²) in [4.78, 5) is 24.0. The van der Waals surface area contributed by atoms with E-state index in [4.69, 9.17) is 4.74 Å². The molecule has 0 bridgehead atoms. The molecule has 148 valence electrons. The van der Waals surface area contributed by atoms with Crippen molar-refractivity contribution in [1.82, 2.24) is 5.32 Å². The molecular formula is C23H21NO5. The van der Waals surface area contributed by atoms with Crippen LogP contribution in [0.4, 0.5) is 0 Å². The summed E-state index contributed by atoms with van der Waals surface area (Å²) in [5.74, 6) is -1.42. The molecule has 0 aromatic heterocycles. The van der Waals surface area contributed by atoms with E-state index in [1.54, 1.807) is 54.6 Å². The Labute approximate surface area is 168 Å². The third kappa shape index (κ3) is 5.43. The van der Waals surface area contributed by atoms with Crippen LogP contribution >= 0.6 is 0 Å². The van der Waals surface area contributed by atoms with Crippen molar-refractivity contribution in [2.24, 2.45) is 0 Å². The number of aliphatic hydroxyl groups excluding tert-OH is 1. The summed E-state index contributed by atoms with van der Waals surface area (Å²) in [5, 5.41) is 22.5. The van der Waals surface area contributed by atoms with E-state index in [0.29, 0.717) is 23.5 Å². The minimum absolute atomic E-state index is 0.311. The van der Waals surface area contributed by atoms with Gasteiger partial charge in [0.25, 0.3) is 5.91 Å². The lowest BCUT2D eigenvalue weighted by molar-refractivity contribution is -0.142. The minimum atomic E-state index is -1.51. The van der Waals surface area contributed by atoms with Crippen molar-refractivity contribution in [2.45, 2.75) is 18.8 Å². The fourth-order valence-corrected chi connectivity index (χ4v) is 2.81. The highest BCUT2D eigenvalue weighted by molar-refractivity contribution is 5.96. The van der Waals surface area contributed by atoms with Crippen LogP contribution in [-0.4, -0.2) is 28.1 Å². The van der Waals surface area contributed by atoms with E-state index in [1.807, 2.05) is 30.3 Å². The number of hydrogen-bond acceptors (Lipinski definition) is 4. The quantitative estimate of drug-likeness (QED) is 0.548. The van der Waals surface area contributed by atoms with Crippen molar-refractivity contribution in [2.75, 3.05) is 0 Å². The van der Waals surface area contributed by atoms with Crippen molar-refractivity contribution >= 4 is 11.9 Å². The molecule has 0 heterocycles. The van der Waals surface area contributed by atoms with Gasteiger partial charge in [0.15, 0.2) is 6.04 Å².